The second-order valence-corrected chi connectivity index (χ2v) is 5.91. The van der Waals surface area contributed by atoms with E-state index in [2.05, 4.69) is 27.9 Å². The molecular weight excluding hydrogens is 282 g/mol. The van der Waals surface area contributed by atoms with Crippen LogP contribution in [0.15, 0.2) is 36.7 Å². The number of anilines is 1. The number of aryl methyl sites for hydroxylation is 1. The van der Waals surface area contributed by atoms with E-state index in [0.29, 0.717) is 5.95 Å². The predicted molar refractivity (Wildman–Crippen MR) is 85.8 cm³/mol. The predicted octanol–water partition coefficient (Wildman–Crippen LogP) is 3.17. The molecule has 0 bridgehead atoms. The Morgan fingerprint density at radius 3 is 2.95 bits per heavy atom. The van der Waals surface area contributed by atoms with Gasteiger partial charge in [0.25, 0.3) is 0 Å². The molecule has 4 aromatic rings. The van der Waals surface area contributed by atoms with Crippen molar-refractivity contribution in [2.24, 2.45) is 0 Å². The quantitative estimate of drug-likeness (QED) is 0.616. The summed E-state index contributed by atoms with van der Waals surface area (Å²) in [7, 11) is 0. The molecule has 3 aromatic heterocycles. The minimum absolute atomic E-state index is 0.291. The van der Waals surface area contributed by atoms with Gasteiger partial charge in [0.1, 0.15) is 11.2 Å². The second-order valence-electron chi connectivity index (χ2n) is 4.79. The highest BCUT2D eigenvalue weighted by atomic mass is 32.1. The number of aromatic nitrogens is 4. The van der Waals surface area contributed by atoms with Crippen LogP contribution in [0.2, 0.25) is 0 Å². The molecule has 0 fully saturated rings. The standard InChI is InChI=1S/C15H13N5S/c1-2-9-7-10-13(18-15(16)19-14(10)21-9)20-8-17-11-5-3-4-6-12(11)20/h3-8H,2H2,1H3,(H2,16,18,19). The molecule has 0 aliphatic rings. The van der Waals surface area contributed by atoms with Gasteiger partial charge in [-0.2, -0.15) is 4.98 Å². The molecule has 104 valence electrons. The number of hydrogen-bond acceptors (Lipinski definition) is 5. The number of hydrogen-bond donors (Lipinski definition) is 1. The van der Waals surface area contributed by atoms with Gasteiger partial charge in [0.2, 0.25) is 5.95 Å². The normalized spacial score (nSPS) is 11.5. The van der Waals surface area contributed by atoms with E-state index in [-0.39, 0.29) is 0 Å². The van der Waals surface area contributed by atoms with Crippen molar-refractivity contribution in [1.82, 2.24) is 19.5 Å². The molecule has 0 atom stereocenters. The van der Waals surface area contributed by atoms with Crippen LogP contribution in [0, 0.1) is 0 Å². The van der Waals surface area contributed by atoms with Gasteiger partial charge in [-0.15, -0.1) is 11.3 Å². The van der Waals surface area contributed by atoms with Crippen molar-refractivity contribution in [1.29, 1.82) is 0 Å². The third-order valence-electron chi connectivity index (χ3n) is 3.47. The molecule has 6 heteroatoms. The van der Waals surface area contributed by atoms with E-state index < -0.39 is 0 Å². The molecule has 0 unspecified atom stereocenters. The lowest BCUT2D eigenvalue weighted by Crippen LogP contribution is -2.02. The molecule has 3 heterocycles. The average Bonchev–Trinajstić information content (AvgIpc) is 3.09. The van der Waals surface area contributed by atoms with Crippen molar-refractivity contribution in [3.8, 4) is 5.82 Å². The number of nitrogens with zero attached hydrogens (tertiary/aromatic N) is 4. The van der Waals surface area contributed by atoms with Gasteiger partial charge in [-0.05, 0) is 24.6 Å². The van der Waals surface area contributed by atoms with Crippen molar-refractivity contribution in [3.05, 3.63) is 41.5 Å². The number of thiophene rings is 1. The van der Waals surface area contributed by atoms with Gasteiger partial charge < -0.3 is 5.73 Å². The molecule has 0 aliphatic carbocycles. The highest BCUT2D eigenvalue weighted by molar-refractivity contribution is 7.18. The zero-order valence-electron chi connectivity index (χ0n) is 11.4. The number of rotatable bonds is 2. The maximum atomic E-state index is 5.88. The summed E-state index contributed by atoms with van der Waals surface area (Å²) in [4.78, 5) is 15.4. The minimum atomic E-state index is 0.291. The van der Waals surface area contributed by atoms with Crippen molar-refractivity contribution in [3.63, 3.8) is 0 Å². The van der Waals surface area contributed by atoms with Crippen LogP contribution in [-0.4, -0.2) is 19.5 Å². The van der Waals surface area contributed by atoms with Crippen LogP contribution < -0.4 is 5.73 Å². The SMILES string of the molecule is CCc1cc2c(-n3cnc4ccccc43)nc(N)nc2s1. The summed E-state index contributed by atoms with van der Waals surface area (Å²) in [6.45, 7) is 2.13. The summed E-state index contributed by atoms with van der Waals surface area (Å²) in [6.07, 6.45) is 2.76. The molecule has 0 spiro atoms. The zero-order valence-corrected chi connectivity index (χ0v) is 12.3. The number of nitrogens with two attached hydrogens (primary N) is 1. The summed E-state index contributed by atoms with van der Waals surface area (Å²) < 4.78 is 1.97. The van der Waals surface area contributed by atoms with E-state index in [1.165, 1.54) is 4.88 Å². The number of nitrogen functional groups attached to an aromatic ring is 1. The monoisotopic (exact) mass is 295 g/mol. The van der Waals surface area contributed by atoms with E-state index in [1.807, 2.05) is 28.8 Å². The number of para-hydroxylation sites is 2. The summed E-state index contributed by atoms with van der Waals surface area (Å²) in [5.74, 6) is 1.09. The molecule has 0 amide bonds. The largest absolute Gasteiger partial charge is 0.368 e. The topological polar surface area (TPSA) is 69.6 Å². The van der Waals surface area contributed by atoms with Gasteiger partial charge >= 0.3 is 0 Å². The van der Waals surface area contributed by atoms with E-state index >= 15 is 0 Å². The van der Waals surface area contributed by atoms with Crippen LogP contribution in [0.5, 0.6) is 0 Å². The highest BCUT2D eigenvalue weighted by Crippen LogP contribution is 2.30. The van der Waals surface area contributed by atoms with E-state index in [4.69, 9.17) is 5.73 Å². The van der Waals surface area contributed by atoms with Crippen molar-refractivity contribution < 1.29 is 0 Å². The summed E-state index contributed by atoms with van der Waals surface area (Å²) in [6, 6.07) is 10.1. The van der Waals surface area contributed by atoms with E-state index in [1.54, 1.807) is 17.7 Å². The van der Waals surface area contributed by atoms with Gasteiger partial charge in [-0.1, -0.05) is 19.1 Å². The van der Waals surface area contributed by atoms with Crippen molar-refractivity contribution in [2.75, 3.05) is 5.73 Å². The zero-order chi connectivity index (χ0) is 14.4. The fraction of sp³-hybridized carbons (Fsp3) is 0.133. The van der Waals surface area contributed by atoms with Crippen LogP contribution in [0.4, 0.5) is 5.95 Å². The van der Waals surface area contributed by atoms with Crippen LogP contribution in [0.3, 0.4) is 0 Å². The molecule has 1 aromatic carbocycles. The smallest absolute Gasteiger partial charge is 0.223 e. The Morgan fingerprint density at radius 1 is 1.24 bits per heavy atom. The number of benzene rings is 1. The first-order valence-corrected chi connectivity index (χ1v) is 7.56. The van der Waals surface area contributed by atoms with Crippen LogP contribution in [0.25, 0.3) is 27.1 Å². The summed E-state index contributed by atoms with van der Waals surface area (Å²) >= 11 is 1.66. The molecule has 0 saturated heterocycles. The van der Waals surface area contributed by atoms with Gasteiger partial charge in [0.15, 0.2) is 5.82 Å². The van der Waals surface area contributed by atoms with E-state index in [9.17, 15) is 0 Å². The lowest BCUT2D eigenvalue weighted by molar-refractivity contribution is 1.03. The Balaban J connectivity index is 2.07. The first-order valence-electron chi connectivity index (χ1n) is 6.74. The molecule has 0 radical (unpaired) electrons. The second kappa shape index (κ2) is 4.53. The molecule has 4 rings (SSSR count). The summed E-state index contributed by atoms with van der Waals surface area (Å²) in [5, 5.41) is 1.02. The lowest BCUT2D eigenvalue weighted by Gasteiger charge is -2.05. The van der Waals surface area contributed by atoms with Crippen LogP contribution >= 0.6 is 11.3 Å². The number of imidazole rings is 1. The molecule has 5 nitrogen and oxygen atoms in total. The van der Waals surface area contributed by atoms with Crippen LogP contribution in [-0.2, 0) is 6.42 Å². The van der Waals surface area contributed by atoms with Crippen LogP contribution in [0.1, 0.15) is 11.8 Å². The van der Waals surface area contributed by atoms with Crippen molar-refractivity contribution >= 4 is 38.5 Å². The number of fused-ring (bicyclic) bond motifs is 2. The van der Waals surface area contributed by atoms with E-state index in [0.717, 1.165) is 33.5 Å². The molecule has 0 aliphatic heterocycles. The molecule has 21 heavy (non-hydrogen) atoms. The Hall–Kier alpha value is -2.47. The third-order valence-corrected chi connectivity index (χ3v) is 4.64. The van der Waals surface area contributed by atoms with Gasteiger partial charge in [-0.25, -0.2) is 9.97 Å². The maximum absolute atomic E-state index is 5.88. The minimum Gasteiger partial charge on any atom is -0.368 e. The molecule has 2 N–H and O–H groups in total. The first-order chi connectivity index (χ1) is 10.3. The Bertz CT molecular complexity index is 953. The lowest BCUT2D eigenvalue weighted by atomic mass is 10.3. The van der Waals surface area contributed by atoms with Crippen molar-refractivity contribution in [2.45, 2.75) is 13.3 Å². The fourth-order valence-corrected chi connectivity index (χ4v) is 3.43. The Morgan fingerprint density at radius 2 is 2.10 bits per heavy atom. The third kappa shape index (κ3) is 1.87. The fourth-order valence-electron chi connectivity index (χ4n) is 2.46. The molecular formula is C15H13N5S. The van der Waals surface area contributed by atoms with Gasteiger partial charge in [0, 0.05) is 4.88 Å². The van der Waals surface area contributed by atoms with Gasteiger partial charge in [-0.3, -0.25) is 4.57 Å². The summed E-state index contributed by atoms with van der Waals surface area (Å²) in [5.41, 5.74) is 7.83. The van der Waals surface area contributed by atoms with Gasteiger partial charge in [0.05, 0.1) is 16.4 Å². The molecule has 0 saturated carbocycles. The average molecular weight is 295 g/mol. The first kappa shape index (κ1) is 12.3. The Kier molecular flexibility index (Phi) is 2.65. The maximum Gasteiger partial charge on any atom is 0.223 e. The highest BCUT2D eigenvalue weighted by Gasteiger charge is 2.13. The Labute approximate surface area is 125 Å².